The molecule has 0 bridgehead atoms. The molecule has 0 aliphatic carbocycles. The van der Waals surface area contributed by atoms with Crippen molar-refractivity contribution in [2.24, 2.45) is 5.92 Å². The Morgan fingerprint density at radius 1 is 1.08 bits per heavy atom. The number of hydrogen-bond donors (Lipinski definition) is 1. The van der Waals surface area contributed by atoms with E-state index in [-0.39, 0.29) is 6.10 Å². The molecule has 0 amide bonds. The smallest absolute Gasteiger partial charge is 0.0793 e. The van der Waals surface area contributed by atoms with Crippen molar-refractivity contribution >= 4 is 0 Å². The van der Waals surface area contributed by atoms with Crippen LogP contribution in [0.15, 0.2) is 24.3 Å². The van der Waals surface area contributed by atoms with E-state index in [0.717, 1.165) is 64.8 Å². The van der Waals surface area contributed by atoms with Crippen LogP contribution in [0.5, 0.6) is 0 Å². The Kier molecular flexibility index (Phi) is 6.67. The van der Waals surface area contributed by atoms with Crippen molar-refractivity contribution in [3.05, 3.63) is 35.4 Å². The summed E-state index contributed by atoms with van der Waals surface area (Å²) in [4.78, 5) is 4.79. The number of morpholine rings is 1. The summed E-state index contributed by atoms with van der Waals surface area (Å²) < 4.78 is 5.38. The van der Waals surface area contributed by atoms with Gasteiger partial charge in [0.15, 0.2) is 0 Å². The van der Waals surface area contributed by atoms with Crippen LogP contribution in [0.1, 0.15) is 24.0 Å². The molecule has 1 N–H and O–H groups in total. The van der Waals surface area contributed by atoms with E-state index in [1.807, 2.05) is 0 Å². The van der Waals surface area contributed by atoms with Gasteiger partial charge in [-0.15, -0.1) is 0 Å². The van der Waals surface area contributed by atoms with Crippen molar-refractivity contribution in [3.8, 4) is 0 Å². The fourth-order valence-electron chi connectivity index (χ4n) is 3.98. The topological polar surface area (TPSA) is 35.9 Å². The van der Waals surface area contributed by atoms with Crippen LogP contribution in [0.4, 0.5) is 0 Å². The second-order valence-corrected chi connectivity index (χ2v) is 7.52. The molecular weight excluding hydrogens is 300 g/mol. The molecule has 24 heavy (non-hydrogen) atoms. The highest BCUT2D eigenvalue weighted by atomic mass is 16.5. The number of rotatable bonds is 6. The molecule has 134 valence electrons. The lowest BCUT2D eigenvalue weighted by Gasteiger charge is -2.35. The van der Waals surface area contributed by atoms with Gasteiger partial charge in [0.25, 0.3) is 0 Å². The molecule has 2 aliphatic heterocycles. The Morgan fingerprint density at radius 3 is 2.54 bits per heavy atom. The Bertz CT molecular complexity index is 485. The van der Waals surface area contributed by atoms with Crippen molar-refractivity contribution in [2.45, 2.75) is 32.3 Å². The number of hydrogen-bond acceptors (Lipinski definition) is 4. The van der Waals surface area contributed by atoms with Crippen LogP contribution >= 0.6 is 0 Å². The van der Waals surface area contributed by atoms with E-state index in [9.17, 15) is 5.11 Å². The highest BCUT2D eigenvalue weighted by Crippen LogP contribution is 2.21. The lowest BCUT2D eigenvalue weighted by Crippen LogP contribution is -2.46. The molecule has 2 aliphatic rings. The van der Waals surface area contributed by atoms with Gasteiger partial charge in [0.1, 0.15) is 0 Å². The van der Waals surface area contributed by atoms with Crippen LogP contribution < -0.4 is 0 Å². The highest BCUT2D eigenvalue weighted by molar-refractivity contribution is 5.21. The maximum absolute atomic E-state index is 10.4. The second kappa shape index (κ2) is 8.95. The molecule has 4 heteroatoms. The van der Waals surface area contributed by atoms with Crippen molar-refractivity contribution in [3.63, 3.8) is 0 Å². The number of likely N-dealkylation sites (tertiary alicyclic amines) is 1. The fraction of sp³-hybridized carbons (Fsp3) is 0.700. The number of β-amino-alcohol motifs (C(OH)–C–C–N with tert-alkyl or cyclic N) is 1. The minimum absolute atomic E-state index is 0.249. The summed E-state index contributed by atoms with van der Waals surface area (Å²) in [5, 5.41) is 10.4. The molecule has 1 aromatic rings. The Morgan fingerprint density at radius 2 is 1.79 bits per heavy atom. The zero-order chi connectivity index (χ0) is 16.8. The average molecular weight is 332 g/mol. The summed E-state index contributed by atoms with van der Waals surface area (Å²) in [6.45, 7) is 9.48. The maximum Gasteiger partial charge on any atom is 0.0793 e. The number of benzene rings is 1. The van der Waals surface area contributed by atoms with Gasteiger partial charge in [0.05, 0.1) is 19.3 Å². The minimum Gasteiger partial charge on any atom is -0.390 e. The molecule has 1 aromatic carbocycles. The average Bonchev–Trinajstić information content (AvgIpc) is 2.58. The summed E-state index contributed by atoms with van der Waals surface area (Å²) in [5.74, 6) is 0.719. The molecule has 0 aromatic heterocycles. The second-order valence-electron chi connectivity index (χ2n) is 7.52. The first kappa shape index (κ1) is 17.9. The number of aryl methyl sites for hydroxylation is 1. The summed E-state index contributed by atoms with van der Waals surface area (Å²) in [5.41, 5.74) is 2.77. The molecular formula is C20H32N2O2. The van der Waals surface area contributed by atoms with E-state index in [4.69, 9.17) is 4.74 Å². The summed E-state index contributed by atoms with van der Waals surface area (Å²) in [6.07, 6.45) is 3.47. The van der Waals surface area contributed by atoms with Gasteiger partial charge in [0.2, 0.25) is 0 Å². The largest absolute Gasteiger partial charge is 0.390 e. The third-order valence-electron chi connectivity index (χ3n) is 5.29. The molecule has 2 saturated heterocycles. The predicted octanol–water partition coefficient (Wildman–Crippen LogP) is 1.94. The van der Waals surface area contributed by atoms with E-state index in [1.54, 1.807) is 0 Å². The standard InChI is InChI=1S/C20H32N2O2/c1-17-4-6-18(7-5-17)13-19-3-2-8-22(14-19)16-20(23)15-21-9-11-24-12-10-21/h4-7,19-20,23H,2-3,8-16H2,1H3/t19-,20+/m1/s1. The Labute approximate surface area is 146 Å². The van der Waals surface area contributed by atoms with Crippen LogP contribution in [0.3, 0.4) is 0 Å². The molecule has 0 radical (unpaired) electrons. The van der Waals surface area contributed by atoms with Gasteiger partial charge in [0, 0.05) is 32.7 Å². The van der Waals surface area contributed by atoms with Gasteiger partial charge in [-0.05, 0) is 44.2 Å². The zero-order valence-corrected chi connectivity index (χ0v) is 15.0. The molecule has 0 saturated carbocycles. The highest BCUT2D eigenvalue weighted by Gasteiger charge is 2.23. The van der Waals surface area contributed by atoms with Gasteiger partial charge in [-0.3, -0.25) is 4.90 Å². The van der Waals surface area contributed by atoms with Gasteiger partial charge < -0.3 is 14.7 Å². The third-order valence-corrected chi connectivity index (χ3v) is 5.29. The van der Waals surface area contributed by atoms with E-state index in [0.29, 0.717) is 0 Å². The number of ether oxygens (including phenoxy) is 1. The van der Waals surface area contributed by atoms with E-state index in [1.165, 1.54) is 24.0 Å². The van der Waals surface area contributed by atoms with Crippen molar-refractivity contribution in [2.75, 3.05) is 52.5 Å². The maximum atomic E-state index is 10.4. The first-order valence-electron chi connectivity index (χ1n) is 9.45. The summed E-state index contributed by atoms with van der Waals surface area (Å²) in [7, 11) is 0. The predicted molar refractivity (Wildman–Crippen MR) is 97.3 cm³/mol. The van der Waals surface area contributed by atoms with Gasteiger partial charge in [-0.1, -0.05) is 29.8 Å². The SMILES string of the molecule is Cc1ccc(C[C@H]2CCCN(C[C@@H](O)CN3CCOCC3)C2)cc1. The lowest BCUT2D eigenvalue weighted by molar-refractivity contribution is 0.00342. The van der Waals surface area contributed by atoms with Crippen LogP contribution in [-0.2, 0) is 11.2 Å². The zero-order valence-electron chi connectivity index (χ0n) is 15.0. The third kappa shape index (κ3) is 5.55. The van der Waals surface area contributed by atoms with E-state index >= 15 is 0 Å². The summed E-state index contributed by atoms with van der Waals surface area (Å²) in [6, 6.07) is 8.95. The first-order valence-corrected chi connectivity index (χ1v) is 9.45. The molecule has 3 rings (SSSR count). The lowest BCUT2D eigenvalue weighted by atomic mass is 9.91. The Hall–Kier alpha value is -0.940. The first-order chi connectivity index (χ1) is 11.7. The molecule has 2 atom stereocenters. The van der Waals surface area contributed by atoms with Crippen molar-refractivity contribution < 1.29 is 9.84 Å². The molecule has 0 unspecified atom stereocenters. The summed E-state index contributed by atoms with van der Waals surface area (Å²) >= 11 is 0. The number of aliphatic hydroxyl groups is 1. The molecule has 2 heterocycles. The fourth-order valence-corrected chi connectivity index (χ4v) is 3.98. The van der Waals surface area contributed by atoms with Crippen molar-refractivity contribution in [1.82, 2.24) is 9.80 Å². The van der Waals surface area contributed by atoms with Crippen LogP contribution in [-0.4, -0.2) is 73.5 Å². The van der Waals surface area contributed by atoms with Gasteiger partial charge >= 0.3 is 0 Å². The van der Waals surface area contributed by atoms with Gasteiger partial charge in [-0.25, -0.2) is 0 Å². The Balaban J connectivity index is 1.43. The van der Waals surface area contributed by atoms with Crippen LogP contribution in [0.2, 0.25) is 0 Å². The molecule has 4 nitrogen and oxygen atoms in total. The molecule has 2 fully saturated rings. The molecule has 0 spiro atoms. The number of nitrogens with zero attached hydrogens (tertiary/aromatic N) is 2. The van der Waals surface area contributed by atoms with Crippen LogP contribution in [0, 0.1) is 12.8 Å². The van der Waals surface area contributed by atoms with Gasteiger partial charge in [-0.2, -0.15) is 0 Å². The normalized spacial score (nSPS) is 24.8. The minimum atomic E-state index is -0.249. The quantitative estimate of drug-likeness (QED) is 0.864. The number of piperidine rings is 1. The monoisotopic (exact) mass is 332 g/mol. The van der Waals surface area contributed by atoms with E-state index < -0.39 is 0 Å². The van der Waals surface area contributed by atoms with Crippen LogP contribution in [0.25, 0.3) is 0 Å². The van der Waals surface area contributed by atoms with E-state index in [2.05, 4.69) is 41.0 Å². The number of aliphatic hydroxyl groups excluding tert-OH is 1. The van der Waals surface area contributed by atoms with Crippen molar-refractivity contribution in [1.29, 1.82) is 0 Å².